The van der Waals surface area contributed by atoms with Gasteiger partial charge in [0.15, 0.2) is 0 Å². The first-order valence-corrected chi connectivity index (χ1v) is 7.40. The molecule has 0 radical (unpaired) electrons. The molecule has 0 saturated heterocycles. The van der Waals surface area contributed by atoms with Crippen molar-refractivity contribution in [2.75, 3.05) is 30.8 Å². The molecular weight excluding hydrogens is 290 g/mol. The Labute approximate surface area is 117 Å². The van der Waals surface area contributed by atoms with Crippen molar-refractivity contribution in [1.29, 1.82) is 0 Å². The highest BCUT2D eigenvalue weighted by Gasteiger charge is 2.12. The van der Waals surface area contributed by atoms with Crippen LogP contribution in [0.2, 0.25) is 5.02 Å². The van der Waals surface area contributed by atoms with E-state index in [0.717, 1.165) is 0 Å². The smallest absolute Gasteiger partial charge is 0.235 e. The Morgan fingerprint density at radius 1 is 1.47 bits per heavy atom. The summed E-state index contributed by atoms with van der Waals surface area (Å²) >= 11 is 5.82. The number of sulfonamides is 1. The summed E-state index contributed by atoms with van der Waals surface area (Å²) in [5.41, 5.74) is 0.726. The molecule has 5 nitrogen and oxygen atoms in total. The molecule has 1 aromatic carbocycles. The molecule has 0 bridgehead atoms. The van der Waals surface area contributed by atoms with E-state index >= 15 is 0 Å². The van der Waals surface area contributed by atoms with E-state index in [1.165, 1.54) is 19.2 Å². The number of rotatable bonds is 5. The lowest BCUT2D eigenvalue weighted by atomic mass is 10.2. The second-order valence-corrected chi connectivity index (χ2v) is 5.84. The van der Waals surface area contributed by atoms with Crippen LogP contribution in [0.4, 0.5) is 5.69 Å². The zero-order valence-corrected chi connectivity index (χ0v) is 11.9. The third-order valence-corrected chi connectivity index (χ3v) is 3.58. The maximum Gasteiger partial charge on any atom is 0.235 e. The molecule has 0 amide bonds. The summed E-state index contributed by atoms with van der Waals surface area (Å²) < 4.78 is 30.6. The Balaban J connectivity index is 3.00. The number of aliphatic hydroxyl groups excluding tert-OH is 1. The van der Waals surface area contributed by atoms with Crippen LogP contribution >= 0.6 is 11.6 Å². The van der Waals surface area contributed by atoms with Crippen molar-refractivity contribution >= 4 is 27.3 Å². The summed E-state index contributed by atoms with van der Waals surface area (Å²) in [5.74, 6) is 4.93. The van der Waals surface area contributed by atoms with Crippen LogP contribution in [0.15, 0.2) is 18.2 Å². The number of halogens is 1. The molecule has 0 aliphatic carbocycles. The maximum absolute atomic E-state index is 11.7. The average Bonchev–Trinajstić information content (AvgIpc) is 2.36. The van der Waals surface area contributed by atoms with Gasteiger partial charge in [0.1, 0.15) is 6.61 Å². The number of ether oxygens (including phenoxy) is 1. The van der Waals surface area contributed by atoms with Crippen LogP contribution in [-0.4, -0.2) is 39.6 Å². The van der Waals surface area contributed by atoms with Crippen molar-refractivity contribution in [3.63, 3.8) is 0 Å². The topological polar surface area (TPSA) is 75.6 Å². The predicted molar refractivity (Wildman–Crippen MR) is 74.7 cm³/mol. The Morgan fingerprint density at radius 2 is 2.21 bits per heavy atom. The summed E-state index contributed by atoms with van der Waals surface area (Å²) in [6, 6.07) is 4.60. The van der Waals surface area contributed by atoms with E-state index in [1.54, 1.807) is 6.07 Å². The third-order valence-electron chi connectivity index (χ3n) is 2.11. The Bertz CT molecular complexity index is 589. The van der Waals surface area contributed by atoms with Gasteiger partial charge in [-0.2, -0.15) is 0 Å². The molecule has 104 valence electrons. The number of aliphatic hydroxyl groups is 1. The quantitative estimate of drug-likeness (QED) is 0.798. The predicted octanol–water partition coefficient (Wildman–Crippen LogP) is 1.07. The fourth-order valence-electron chi connectivity index (χ4n) is 1.26. The molecule has 1 aromatic rings. The van der Waals surface area contributed by atoms with Crippen molar-refractivity contribution in [3.05, 3.63) is 28.8 Å². The van der Waals surface area contributed by atoms with Gasteiger partial charge in [-0.3, -0.25) is 4.72 Å². The molecule has 0 spiro atoms. The van der Waals surface area contributed by atoms with Crippen LogP contribution in [0.5, 0.6) is 0 Å². The monoisotopic (exact) mass is 303 g/mol. The normalized spacial score (nSPS) is 10.7. The van der Waals surface area contributed by atoms with Gasteiger partial charge in [0.05, 0.1) is 23.6 Å². The molecule has 0 unspecified atom stereocenters. The first kappa shape index (κ1) is 15.8. The van der Waals surface area contributed by atoms with E-state index in [0.29, 0.717) is 16.3 Å². The van der Waals surface area contributed by atoms with Crippen LogP contribution < -0.4 is 4.72 Å². The molecule has 0 fully saturated rings. The van der Waals surface area contributed by atoms with Crippen LogP contribution in [0.3, 0.4) is 0 Å². The molecule has 0 heterocycles. The Hall–Kier alpha value is -1.26. The molecule has 1 rings (SSSR count). The van der Waals surface area contributed by atoms with Gasteiger partial charge in [-0.15, -0.1) is 0 Å². The minimum Gasteiger partial charge on any atom is -0.384 e. The number of anilines is 1. The highest BCUT2D eigenvalue weighted by molar-refractivity contribution is 7.92. The van der Waals surface area contributed by atoms with E-state index < -0.39 is 10.0 Å². The number of nitrogens with one attached hydrogen (secondary N) is 1. The van der Waals surface area contributed by atoms with Crippen molar-refractivity contribution in [3.8, 4) is 11.8 Å². The number of methoxy groups -OCH3 is 1. The molecule has 19 heavy (non-hydrogen) atoms. The fourth-order valence-corrected chi connectivity index (χ4v) is 2.43. The zero-order chi connectivity index (χ0) is 14.3. The molecule has 2 N–H and O–H groups in total. The minimum atomic E-state index is -3.51. The second kappa shape index (κ2) is 7.36. The van der Waals surface area contributed by atoms with Crippen LogP contribution in [0.1, 0.15) is 5.56 Å². The largest absolute Gasteiger partial charge is 0.384 e. The molecular formula is C12H14ClNO4S. The molecule has 0 aliphatic rings. The van der Waals surface area contributed by atoms with Crippen molar-refractivity contribution in [1.82, 2.24) is 0 Å². The lowest BCUT2D eigenvalue weighted by molar-refractivity contribution is 0.217. The van der Waals surface area contributed by atoms with Crippen LogP contribution in [0.25, 0.3) is 0 Å². The van der Waals surface area contributed by atoms with Crippen LogP contribution in [-0.2, 0) is 14.8 Å². The number of hydrogen-bond acceptors (Lipinski definition) is 4. The van der Waals surface area contributed by atoms with Crippen molar-refractivity contribution in [2.45, 2.75) is 0 Å². The molecule has 0 aliphatic heterocycles. The summed E-state index contributed by atoms with van der Waals surface area (Å²) in [7, 11) is -2.08. The highest BCUT2D eigenvalue weighted by atomic mass is 35.5. The van der Waals surface area contributed by atoms with Gasteiger partial charge in [-0.1, -0.05) is 23.4 Å². The highest BCUT2D eigenvalue weighted by Crippen LogP contribution is 2.21. The summed E-state index contributed by atoms with van der Waals surface area (Å²) in [5, 5.41) is 9.11. The van der Waals surface area contributed by atoms with E-state index in [2.05, 4.69) is 16.6 Å². The lowest BCUT2D eigenvalue weighted by Gasteiger charge is -2.09. The van der Waals surface area contributed by atoms with E-state index in [9.17, 15) is 8.42 Å². The first-order chi connectivity index (χ1) is 8.98. The van der Waals surface area contributed by atoms with Gasteiger partial charge in [0.2, 0.25) is 10.0 Å². The van der Waals surface area contributed by atoms with Gasteiger partial charge >= 0.3 is 0 Å². The Kier molecular flexibility index (Phi) is 6.12. The van der Waals surface area contributed by atoms with Gasteiger partial charge in [0.25, 0.3) is 0 Å². The second-order valence-electron chi connectivity index (χ2n) is 3.56. The molecule has 7 heteroatoms. The van der Waals surface area contributed by atoms with Crippen molar-refractivity contribution in [2.24, 2.45) is 0 Å². The first-order valence-electron chi connectivity index (χ1n) is 5.37. The fraction of sp³-hybridized carbons (Fsp3) is 0.333. The standard InChI is InChI=1S/C12H14ClNO4S/c1-18-7-8-19(16,17)14-12-5-4-11(13)9-10(12)3-2-6-15/h4-5,9,14-15H,6-8H2,1H3. The van der Waals surface area contributed by atoms with Gasteiger partial charge in [0, 0.05) is 12.1 Å². The van der Waals surface area contributed by atoms with Crippen LogP contribution in [0, 0.1) is 11.8 Å². The summed E-state index contributed by atoms with van der Waals surface area (Å²) in [4.78, 5) is 0. The summed E-state index contributed by atoms with van der Waals surface area (Å²) in [6.45, 7) is -0.219. The molecule has 0 aromatic heterocycles. The van der Waals surface area contributed by atoms with Gasteiger partial charge < -0.3 is 9.84 Å². The number of benzene rings is 1. The van der Waals surface area contributed by atoms with Gasteiger partial charge in [-0.05, 0) is 18.2 Å². The Morgan fingerprint density at radius 3 is 2.84 bits per heavy atom. The molecule has 0 saturated carbocycles. The van der Waals surface area contributed by atoms with E-state index in [-0.39, 0.29) is 19.0 Å². The average molecular weight is 304 g/mol. The van der Waals surface area contributed by atoms with E-state index in [4.69, 9.17) is 21.4 Å². The minimum absolute atomic E-state index is 0.0978. The zero-order valence-electron chi connectivity index (χ0n) is 10.3. The molecule has 0 atom stereocenters. The van der Waals surface area contributed by atoms with E-state index in [1.807, 2.05) is 0 Å². The maximum atomic E-state index is 11.7. The third kappa shape index (κ3) is 5.49. The lowest BCUT2D eigenvalue weighted by Crippen LogP contribution is -2.20. The van der Waals surface area contributed by atoms with Gasteiger partial charge in [-0.25, -0.2) is 8.42 Å². The van der Waals surface area contributed by atoms with Crippen molar-refractivity contribution < 1.29 is 18.3 Å². The number of hydrogen-bond donors (Lipinski definition) is 2. The SMILES string of the molecule is COCCS(=O)(=O)Nc1ccc(Cl)cc1C#CCO. The summed E-state index contributed by atoms with van der Waals surface area (Å²) in [6.07, 6.45) is 0.